The first-order valence-corrected chi connectivity index (χ1v) is 13.7. The minimum atomic E-state index is -0.484. The second kappa shape index (κ2) is 11.6. The lowest BCUT2D eigenvalue weighted by Crippen LogP contribution is -2.31. The van der Waals surface area contributed by atoms with Gasteiger partial charge in [-0.1, -0.05) is 95.9 Å². The van der Waals surface area contributed by atoms with Crippen LogP contribution in [0.15, 0.2) is 77.1 Å². The van der Waals surface area contributed by atoms with Gasteiger partial charge >= 0.3 is 0 Å². The Bertz CT molecular complexity index is 1280. The second-order valence-electron chi connectivity index (χ2n) is 8.73. The number of aliphatic hydroxyl groups excluding tert-OH is 1. The zero-order valence-corrected chi connectivity index (χ0v) is 21.7. The number of aliphatic hydroxyl groups is 1. The Hall–Kier alpha value is -2.59. The fraction of sp³-hybridized carbons (Fsp3) is 0.286. The van der Waals surface area contributed by atoms with Gasteiger partial charge in [-0.15, -0.1) is 10.2 Å². The van der Waals surface area contributed by atoms with Gasteiger partial charge in [0.2, 0.25) is 0 Å². The molecule has 1 saturated heterocycles. The van der Waals surface area contributed by atoms with E-state index in [0.717, 1.165) is 54.9 Å². The minimum Gasteiger partial charge on any atom is -0.392 e. The predicted octanol–water partition coefficient (Wildman–Crippen LogP) is 5.80. The van der Waals surface area contributed by atoms with Crippen molar-refractivity contribution >= 4 is 23.1 Å². The van der Waals surface area contributed by atoms with E-state index in [-0.39, 0.29) is 18.8 Å². The fourth-order valence-electron chi connectivity index (χ4n) is 4.32. The molecule has 2 heterocycles. The van der Waals surface area contributed by atoms with Crippen LogP contribution in [0.5, 0.6) is 0 Å². The first kappa shape index (κ1) is 25.1. The molecule has 0 radical (unpaired) electrons. The number of nitrogens with zero attached hydrogens (tertiary/aromatic N) is 2. The Balaban J connectivity index is 1.37. The van der Waals surface area contributed by atoms with E-state index in [1.807, 2.05) is 43.3 Å². The van der Waals surface area contributed by atoms with Crippen LogP contribution < -0.4 is 5.73 Å². The minimum absolute atomic E-state index is 0.0156. The van der Waals surface area contributed by atoms with E-state index in [0.29, 0.717) is 6.54 Å². The van der Waals surface area contributed by atoms with Crippen molar-refractivity contribution in [1.29, 1.82) is 0 Å². The summed E-state index contributed by atoms with van der Waals surface area (Å²) in [5.74, 6) is 0.766. The topological polar surface area (TPSA) is 90.5 Å². The lowest BCUT2D eigenvalue weighted by Gasteiger charge is -2.36. The molecule has 0 bridgehead atoms. The van der Waals surface area contributed by atoms with Gasteiger partial charge in [0.15, 0.2) is 10.6 Å². The van der Waals surface area contributed by atoms with Crippen LogP contribution in [0.1, 0.15) is 46.1 Å². The number of nitrogens with two attached hydrogens (primary N) is 1. The van der Waals surface area contributed by atoms with Crippen molar-refractivity contribution in [3.63, 3.8) is 0 Å². The highest BCUT2D eigenvalue weighted by molar-refractivity contribution is 8.01. The Morgan fingerprint density at radius 2 is 1.72 bits per heavy atom. The molecule has 0 spiro atoms. The van der Waals surface area contributed by atoms with Crippen molar-refractivity contribution in [2.45, 2.75) is 49.3 Å². The van der Waals surface area contributed by atoms with E-state index in [1.54, 1.807) is 23.1 Å². The molecule has 36 heavy (non-hydrogen) atoms. The van der Waals surface area contributed by atoms with Gasteiger partial charge in [-0.2, -0.15) is 0 Å². The lowest BCUT2D eigenvalue weighted by molar-refractivity contribution is -0.245. The molecular formula is C28H29N3O3S2. The number of benzene rings is 3. The molecule has 3 aromatic carbocycles. The maximum Gasteiger partial charge on any atom is 0.184 e. The molecular weight excluding hydrogens is 490 g/mol. The highest BCUT2D eigenvalue weighted by Gasteiger charge is 2.32. The number of hydrogen-bond acceptors (Lipinski definition) is 8. The summed E-state index contributed by atoms with van der Waals surface area (Å²) >= 11 is 3.27. The lowest BCUT2D eigenvalue weighted by atomic mass is 9.98. The van der Waals surface area contributed by atoms with Gasteiger partial charge < -0.3 is 20.3 Å². The maximum atomic E-state index is 9.42. The molecule has 0 saturated carbocycles. The van der Waals surface area contributed by atoms with Crippen LogP contribution in [-0.2, 0) is 22.6 Å². The summed E-state index contributed by atoms with van der Waals surface area (Å²) in [6, 6.07) is 24.5. The molecule has 6 nitrogen and oxygen atoms in total. The van der Waals surface area contributed by atoms with Gasteiger partial charge in [0.05, 0.1) is 18.8 Å². The van der Waals surface area contributed by atoms with E-state index in [4.69, 9.17) is 15.2 Å². The molecule has 3 N–H and O–H groups in total. The van der Waals surface area contributed by atoms with Crippen LogP contribution in [0.4, 0.5) is 0 Å². The summed E-state index contributed by atoms with van der Waals surface area (Å²) in [5, 5.41) is 18.7. The molecule has 5 rings (SSSR count). The van der Waals surface area contributed by atoms with Crippen LogP contribution in [0.2, 0.25) is 0 Å². The standard InChI is InChI=1S/C28H29N3O3S2/c1-18-30-31-28(36-18)35-17-24-14-26(21-8-6-19(16-32)7-9-21)34-27(33-24)22-12-10-20(11-13-22)25-5-3-2-4-23(25)15-29/h2-13,24,26-27,32H,14-17,29H2,1H3/t24-,26+,27+/m0/s1. The summed E-state index contributed by atoms with van der Waals surface area (Å²) in [5.41, 5.74) is 12.3. The quantitative estimate of drug-likeness (QED) is 0.284. The highest BCUT2D eigenvalue weighted by Crippen LogP contribution is 2.40. The Labute approximate surface area is 219 Å². The van der Waals surface area contributed by atoms with Gasteiger partial charge in [-0.05, 0) is 34.7 Å². The number of rotatable bonds is 8. The normalized spacial score (nSPS) is 19.9. The number of aromatic nitrogens is 2. The number of hydrogen-bond donors (Lipinski definition) is 2. The van der Waals surface area contributed by atoms with Crippen molar-refractivity contribution in [3.05, 3.63) is 100 Å². The van der Waals surface area contributed by atoms with Crippen LogP contribution in [0, 0.1) is 6.92 Å². The van der Waals surface area contributed by atoms with Crippen molar-refractivity contribution in [3.8, 4) is 11.1 Å². The molecule has 1 aromatic heterocycles. The monoisotopic (exact) mass is 519 g/mol. The van der Waals surface area contributed by atoms with E-state index >= 15 is 0 Å². The summed E-state index contributed by atoms with van der Waals surface area (Å²) in [4.78, 5) is 0. The van der Waals surface area contributed by atoms with Crippen LogP contribution in [0.3, 0.4) is 0 Å². The third-order valence-corrected chi connectivity index (χ3v) is 8.35. The molecule has 8 heteroatoms. The summed E-state index contributed by atoms with van der Waals surface area (Å²) < 4.78 is 13.9. The van der Waals surface area contributed by atoms with E-state index < -0.39 is 6.29 Å². The number of ether oxygens (including phenoxy) is 2. The van der Waals surface area contributed by atoms with Crippen molar-refractivity contribution in [2.24, 2.45) is 5.73 Å². The van der Waals surface area contributed by atoms with Crippen LogP contribution in [0.25, 0.3) is 11.1 Å². The van der Waals surface area contributed by atoms with Crippen LogP contribution >= 0.6 is 23.1 Å². The van der Waals surface area contributed by atoms with Crippen LogP contribution in [-0.4, -0.2) is 27.2 Å². The van der Waals surface area contributed by atoms with Gasteiger partial charge in [0, 0.05) is 24.3 Å². The maximum absolute atomic E-state index is 9.42. The van der Waals surface area contributed by atoms with E-state index in [9.17, 15) is 5.11 Å². The van der Waals surface area contributed by atoms with Gasteiger partial charge in [-0.3, -0.25) is 0 Å². The molecule has 186 valence electrons. The molecule has 3 atom stereocenters. The zero-order chi connectivity index (χ0) is 24.9. The Kier molecular flexibility index (Phi) is 8.11. The first-order valence-electron chi connectivity index (χ1n) is 11.9. The molecule has 1 fully saturated rings. The van der Waals surface area contributed by atoms with Gasteiger partial charge in [0.25, 0.3) is 0 Å². The highest BCUT2D eigenvalue weighted by atomic mass is 32.2. The van der Waals surface area contributed by atoms with Crippen molar-refractivity contribution in [2.75, 3.05) is 5.75 Å². The molecule has 0 aliphatic carbocycles. The third-order valence-electron chi connectivity index (χ3n) is 6.25. The number of aryl methyl sites for hydroxylation is 1. The molecule has 1 aliphatic heterocycles. The van der Waals surface area contributed by atoms with E-state index in [2.05, 4.69) is 46.6 Å². The average Bonchev–Trinajstić information content (AvgIpc) is 3.36. The summed E-state index contributed by atoms with van der Waals surface area (Å²) in [6.45, 7) is 2.49. The largest absolute Gasteiger partial charge is 0.392 e. The molecule has 1 aliphatic rings. The molecule has 4 aromatic rings. The smallest absolute Gasteiger partial charge is 0.184 e. The van der Waals surface area contributed by atoms with Gasteiger partial charge in [0.1, 0.15) is 5.01 Å². The molecule has 0 unspecified atom stereocenters. The Morgan fingerprint density at radius 3 is 2.42 bits per heavy atom. The van der Waals surface area contributed by atoms with Crippen molar-refractivity contribution in [1.82, 2.24) is 10.2 Å². The first-order chi connectivity index (χ1) is 17.6. The van der Waals surface area contributed by atoms with Gasteiger partial charge in [-0.25, -0.2) is 0 Å². The SMILES string of the molecule is Cc1nnc(SC[C@@H]2C[C@H](c3ccc(CO)cc3)O[C@H](c3ccc(-c4ccccc4CN)cc3)O2)s1. The fourth-order valence-corrected chi connectivity index (χ4v) is 6.18. The third kappa shape index (κ3) is 5.86. The zero-order valence-electron chi connectivity index (χ0n) is 20.0. The Morgan fingerprint density at radius 1 is 0.972 bits per heavy atom. The second-order valence-corrected chi connectivity index (χ2v) is 11.2. The summed E-state index contributed by atoms with van der Waals surface area (Å²) in [6.07, 6.45) is 0.123. The number of thioether (sulfide) groups is 1. The summed E-state index contributed by atoms with van der Waals surface area (Å²) in [7, 11) is 0. The average molecular weight is 520 g/mol. The van der Waals surface area contributed by atoms with E-state index in [1.165, 1.54) is 0 Å². The molecule has 0 amide bonds. The van der Waals surface area contributed by atoms with Crippen molar-refractivity contribution < 1.29 is 14.6 Å². The predicted molar refractivity (Wildman–Crippen MR) is 144 cm³/mol.